The summed E-state index contributed by atoms with van der Waals surface area (Å²) in [5, 5.41) is 0.584. The van der Waals surface area contributed by atoms with Crippen molar-refractivity contribution in [3.05, 3.63) is 75.8 Å². The van der Waals surface area contributed by atoms with Crippen molar-refractivity contribution in [1.29, 1.82) is 0 Å². The second-order valence-corrected chi connectivity index (χ2v) is 7.25. The first kappa shape index (κ1) is 21.7. The Morgan fingerprint density at radius 2 is 1.83 bits per heavy atom. The van der Waals surface area contributed by atoms with Crippen molar-refractivity contribution in [2.24, 2.45) is 0 Å². The van der Waals surface area contributed by atoms with E-state index < -0.39 is 6.04 Å². The van der Waals surface area contributed by atoms with Crippen LogP contribution in [0.5, 0.6) is 0 Å². The number of aryl methyl sites for hydroxylation is 1. The molecule has 0 N–H and O–H groups in total. The van der Waals surface area contributed by atoms with Gasteiger partial charge in [-0.1, -0.05) is 31.2 Å². The van der Waals surface area contributed by atoms with E-state index in [-0.39, 0.29) is 11.5 Å². The number of methoxy groups -OCH3 is 1. The van der Waals surface area contributed by atoms with Crippen molar-refractivity contribution in [1.82, 2.24) is 14.5 Å². The van der Waals surface area contributed by atoms with Crippen LogP contribution in [0.4, 0.5) is 0 Å². The van der Waals surface area contributed by atoms with E-state index >= 15 is 0 Å². The van der Waals surface area contributed by atoms with Gasteiger partial charge in [0.25, 0.3) is 11.5 Å². The van der Waals surface area contributed by atoms with E-state index in [1.54, 1.807) is 22.6 Å². The van der Waals surface area contributed by atoms with Gasteiger partial charge < -0.3 is 9.64 Å². The molecule has 0 saturated carbocycles. The molecule has 3 aromatic rings. The number of fused-ring (bicyclic) bond motifs is 1. The molecule has 0 bridgehead atoms. The van der Waals surface area contributed by atoms with Crippen LogP contribution in [0, 0.1) is 0 Å². The lowest BCUT2D eigenvalue weighted by molar-refractivity contribution is 0.0603. The molecule has 6 heteroatoms. The zero-order valence-electron chi connectivity index (χ0n) is 18.1. The second-order valence-electron chi connectivity index (χ2n) is 7.25. The van der Waals surface area contributed by atoms with Gasteiger partial charge in [0.15, 0.2) is 0 Å². The Kier molecular flexibility index (Phi) is 7.00. The van der Waals surface area contributed by atoms with Crippen LogP contribution in [0.1, 0.15) is 48.6 Å². The SMILES string of the molecule is CCc1ccc(C(=O)N(CCOC)C(C)c2nc3ccccc3c(=O)n2CC)cc1. The van der Waals surface area contributed by atoms with Gasteiger partial charge in [-0.05, 0) is 50.1 Å². The van der Waals surface area contributed by atoms with Gasteiger partial charge in [-0.15, -0.1) is 0 Å². The Bertz CT molecular complexity index is 1070. The minimum Gasteiger partial charge on any atom is -0.383 e. The molecule has 1 unspecified atom stereocenters. The van der Waals surface area contributed by atoms with Crippen LogP contribution in [0.25, 0.3) is 10.9 Å². The first-order valence-electron chi connectivity index (χ1n) is 10.4. The number of aromatic nitrogens is 2. The standard InChI is InChI=1S/C24H29N3O3/c1-5-18-11-13-19(14-12-18)23(28)27(15-16-30-4)17(3)22-25-21-10-8-7-9-20(21)24(29)26(22)6-2/h7-14,17H,5-6,15-16H2,1-4H3. The molecule has 158 valence electrons. The molecule has 0 aliphatic heterocycles. The number of benzene rings is 2. The largest absolute Gasteiger partial charge is 0.383 e. The van der Waals surface area contributed by atoms with Crippen molar-refractivity contribution in [3.8, 4) is 0 Å². The van der Waals surface area contributed by atoms with Crippen LogP contribution in [0.3, 0.4) is 0 Å². The molecule has 2 aromatic carbocycles. The molecule has 0 spiro atoms. The molecular formula is C24H29N3O3. The highest BCUT2D eigenvalue weighted by Gasteiger charge is 2.26. The fourth-order valence-electron chi connectivity index (χ4n) is 3.66. The molecule has 6 nitrogen and oxygen atoms in total. The molecule has 30 heavy (non-hydrogen) atoms. The van der Waals surface area contributed by atoms with Crippen molar-refractivity contribution < 1.29 is 9.53 Å². The number of amides is 1. The Balaban J connectivity index is 2.05. The number of rotatable bonds is 8. The lowest BCUT2D eigenvalue weighted by Gasteiger charge is -2.30. The predicted molar refractivity (Wildman–Crippen MR) is 119 cm³/mol. The van der Waals surface area contributed by atoms with E-state index in [9.17, 15) is 9.59 Å². The summed E-state index contributed by atoms with van der Waals surface area (Å²) >= 11 is 0. The van der Waals surface area contributed by atoms with Crippen molar-refractivity contribution in [3.63, 3.8) is 0 Å². The summed E-state index contributed by atoms with van der Waals surface area (Å²) < 4.78 is 6.90. The summed E-state index contributed by atoms with van der Waals surface area (Å²) in [5.41, 5.74) is 2.34. The lowest BCUT2D eigenvalue weighted by Crippen LogP contribution is -2.39. The number of para-hydroxylation sites is 1. The fourth-order valence-corrected chi connectivity index (χ4v) is 3.66. The summed E-state index contributed by atoms with van der Waals surface area (Å²) in [7, 11) is 1.61. The first-order valence-corrected chi connectivity index (χ1v) is 10.4. The normalized spacial score (nSPS) is 12.1. The third kappa shape index (κ3) is 4.28. The van der Waals surface area contributed by atoms with Gasteiger partial charge in [-0.3, -0.25) is 14.2 Å². The highest BCUT2D eigenvalue weighted by Crippen LogP contribution is 2.22. The van der Waals surface area contributed by atoms with E-state index in [0.717, 1.165) is 6.42 Å². The summed E-state index contributed by atoms with van der Waals surface area (Å²) in [6.45, 7) is 7.19. The van der Waals surface area contributed by atoms with Crippen LogP contribution >= 0.6 is 0 Å². The second kappa shape index (κ2) is 9.67. The average molecular weight is 408 g/mol. The third-order valence-electron chi connectivity index (χ3n) is 5.45. The number of carbonyl (C=O) groups is 1. The minimum absolute atomic E-state index is 0.0867. The zero-order chi connectivity index (χ0) is 21.7. The third-order valence-corrected chi connectivity index (χ3v) is 5.45. The number of hydrogen-bond donors (Lipinski definition) is 0. The van der Waals surface area contributed by atoms with E-state index in [4.69, 9.17) is 9.72 Å². The molecule has 0 aliphatic rings. The number of nitrogens with zero attached hydrogens (tertiary/aromatic N) is 3. The van der Waals surface area contributed by atoms with E-state index in [2.05, 4.69) is 6.92 Å². The minimum atomic E-state index is -0.393. The van der Waals surface area contributed by atoms with Gasteiger partial charge >= 0.3 is 0 Å². The first-order chi connectivity index (χ1) is 14.5. The summed E-state index contributed by atoms with van der Waals surface area (Å²) in [5.74, 6) is 0.475. The maximum Gasteiger partial charge on any atom is 0.261 e. The number of ether oxygens (including phenoxy) is 1. The zero-order valence-corrected chi connectivity index (χ0v) is 18.1. The van der Waals surface area contributed by atoms with Gasteiger partial charge in [-0.2, -0.15) is 0 Å². The molecule has 1 aromatic heterocycles. The number of carbonyl (C=O) groups excluding carboxylic acids is 1. The Morgan fingerprint density at radius 1 is 1.13 bits per heavy atom. The van der Waals surface area contributed by atoms with Gasteiger partial charge in [0.2, 0.25) is 0 Å². The van der Waals surface area contributed by atoms with Crippen LogP contribution in [0.15, 0.2) is 53.3 Å². The highest BCUT2D eigenvalue weighted by atomic mass is 16.5. The molecule has 1 heterocycles. The summed E-state index contributed by atoms with van der Waals surface area (Å²) in [6, 6.07) is 14.6. The number of hydrogen-bond acceptors (Lipinski definition) is 4. The van der Waals surface area contributed by atoms with Crippen molar-refractivity contribution in [2.75, 3.05) is 20.3 Å². The average Bonchev–Trinajstić information content (AvgIpc) is 2.79. The molecule has 3 rings (SSSR count). The maximum atomic E-state index is 13.4. The van der Waals surface area contributed by atoms with Gasteiger partial charge in [0.1, 0.15) is 5.82 Å². The summed E-state index contributed by atoms with van der Waals surface area (Å²) in [4.78, 5) is 32.9. The van der Waals surface area contributed by atoms with Gasteiger partial charge in [0.05, 0.1) is 23.6 Å². The molecule has 1 atom stereocenters. The van der Waals surface area contributed by atoms with Crippen LogP contribution in [-0.4, -0.2) is 40.6 Å². The van der Waals surface area contributed by atoms with Gasteiger partial charge in [-0.25, -0.2) is 4.98 Å². The molecule has 1 amide bonds. The monoisotopic (exact) mass is 407 g/mol. The van der Waals surface area contributed by atoms with Crippen molar-refractivity contribution >= 4 is 16.8 Å². The highest BCUT2D eigenvalue weighted by molar-refractivity contribution is 5.94. The maximum absolute atomic E-state index is 13.4. The molecule has 0 radical (unpaired) electrons. The predicted octanol–water partition coefficient (Wildman–Crippen LogP) is 3.83. The van der Waals surface area contributed by atoms with Gasteiger partial charge in [0, 0.05) is 25.8 Å². The van der Waals surface area contributed by atoms with Crippen LogP contribution in [-0.2, 0) is 17.7 Å². The smallest absolute Gasteiger partial charge is 0.261 e. The lowest BCUT2D eigenvalue weighted by atomic mass is 10.1. The van der Waals surface area contributed by atoms with Crippen molar-refractivity contribution in [2.45, 2.75) is 39.8 Å². The van der Waals surface area contributed by atoms with E-state index in [0.29, 0.717) is 42.0 Å². The van der Waals surface area contributed by atoms with Crippen LogP contribution < -0.4 is 5.56 Å². The van der Waals surface area contributed by atoms with E-state index in [1.165, 1.54) is 5.56 Å². The Hall–Kier alpha value is -2.99. The molecule has 0 aliphatic carbocycles. The summed E-state index contributed by atoms with van der Waals surface area (Å²) in [6.07, 6.45) is 0.919. The quantitative estimate of drug-likeness (QED) is 0.569. The fraction of sp³-hybridized carbons (Fsp3) is 0.375. The van der Waals surface area contributed by atoms with E-state index in [1.807, 2.05) is 56.3 Å². The molecular weight excluding hydrogens is 378 g/mol. The topological polar surface area (TPSA) is 64.4 Å². The molecule has 0 saturated heterocycles. The Labute approximate surface area is 177 Å². The van der Waals surface area contributed by atoms with Crippen LogP contribution in [0.2, 0.25) is 0 Å². The molecule has 0 fully saturated rings. The Morgan fingerprint density at radius 3 is 2.47 bits per heavy atom.